The highest BCUT2D eigenvalue weighted by molar-refractivity contribution is 5.80. The lowest BCUT2D eigenvalue weighted by Crippen LogP contribution is -2.37. The molecule has 1 aromatic heterocycles. The highest BCUT2D eigenvalue weighted by Gasteiger charge is 2.17. The lowest BCUT2D eigenvalue weighted by Gasteiger charge is -2.24. The van der Waals surface area contributed by atoms with Gasteiger partial charge in [-0.25, -0.2) is 0 Å². The fourth-order valence-corrected chi connectivity index (χ4v) is 1.38. The van der Waals surface area contributed by atoms with E-state index < -0.39 is 0 Å². The van der Waals surface area contributed by atoms with Crippen LogP contribution in [0, 0.1) is 0 Å². The molecule has 0 aliphatic carbocycles. The fraction of sp³-hybridized carbons (Fsp3) is 0.545. The van der Waals surface area contributed by atoms with Crippen LogP contribution in [-0.2, 0) is 11.3 Å². The summed E-state index contributed by atoms with van der Waals surface area (Å²) in [5.74, 6) is 1.10. The highest BCUT2D eigenvalue weighted by Crippen LogP contribution is 2.08. The van der Waals surface area contributed by atoms with Crippen LogP contribution in [-0.4, -0.2) is 23.3 Å². The molecule has 0 radical (unpaired) electrons. The van der Waals surface area contributed by atoms with Gasteiger partial charge in [-0.3, -0.25) is 9.69 Å². The molecule has 0 spiro atoms. The first-order valence-electron chi connectivity index (χ1n) is 4.92. The van der Waals surface area contributed by atoms with Crippen molar-refractivity contribution in [3.8, 4) is 0 Å². The predicted octanol–water partition coefficient (Wildman–Crippen LogP) is 2.08. The average molecular weight is 195 g/mol. The molecular weight excluding hydrogens is 178 g/mol. The van der Waals surface area contributed by atoms with E-state index >= 15 is 0 Å². The van der Waals surface area contributed by atoms with E-state index in [0.29, 0.717) is 6.54 Å². The van der Waals surface area contributed by atoms with Crippen LogP contribution in [0.25, 0.3) is 0 Å². The molecule has 0 aliphatic rings. The fourth-order valence-electron chi connectivity index (χ4n) is 1.38. The third kappa shape index (κ3) is 2.70. The summed E-state index contributed by atoms with van der Waals surface area (Å²) in [4.78, 5) is 13.3. The molecule has 0 amide bonds. The summed E-state index contributed by atoms with van der Waals surface area (Å²) in [6, 6.07) is 3.75. The summed E-state index contributed by atoms with van der Waals surface area (Å²) in [7, 11) is 0. The number of carbonyl (C=O) groups excluding carboxylic acids is 1. The smallest absolute Gasteiger partial charge is 0.146 e. The van der Waals surface area contributed by atoms with Gasteiger partial charge in [-0.2, -0.15) is 0 Å². The number of carbonyl (C=O) groups is 1. The van der Waals surface area contributed by atoms with Gasteiger partial charge in [0, 0.05) is 0 Å². The average Bonchev–Trinajstić information content (AvgIpc) is 2.65. The second kappa shape index (κ2) is 4.96. The Labute approximate surface area is 84.7 Å². The summed E-state index contributed by atoms with van der Waals surface area (Å²) in [5, 5.41) is 0. The zero-order chi connectivity index (χ0) is 10.6. The largest absolute Gasteiger partial charge is 0.468 e. The summed E-state index contributed by atoms with van der Waals surface area (Å²) in [6.45, 7) is 7.14. The summed E-state index contributed by atoms with van der Waals surface area (Å²) in [6.07, 6.45) is 1.65. The van der Waals surface area contributed by atoms with Crippen molar-refractivity contribution >= 4 is 5.78 Å². The molecule has 0 bridgehead atoms. The Morgan fingerprint density at radius 1 is 1.64 bits per heavy atom. The molecule has 0 saturated heterocycles. The minimum absolute atomic E-state index is 0.0369. The molecule has 1 heterocycles. The van der Waals surface area contributed by atoms with E-state index in [1.54, 1.807) is 13.2 Å². The van der Waals surface area contributed by atoms with Crippen LogP contribution >= 0.6 is 0 Å². The third-order valence-corrected chi connectivity index (χ3v) is 2.48. The van der Waals surface area contributed by atoms with Gasteiger partial charge in [0.2, 0.25) is 0 Å². The molecule has 1 aromatic rings. The van der Waals surface area contributed by atoms with E-state index in [0.717, 1.165) is 12.3 Å². The van der Waals surface area contributed by atoms with Gasteiger partial charge in [0.25, 0.3) is 0 Å². The molecule has 0 aromatic carbocycles. The Morgan fingerprint density at radius 3 is 2.79 bits per heavy atom. The molecular formula is C11H17NO2. The van der Waals surface area contributed by atoms with Crippen molar-refractivity contribution in [3.63, 3.8) is 0 Å². The number of ketones is 1. The Kier molecular flexibility index (Phi) is 3.89. The standard InChI is InChI=1S/C11H17NO2/c1-4-12(9(2)10(3)13)8-11-6-5-7-14-11/h5-7,9H,4,8H2,1-3H3. The molecule has 1 atom stereocenters. The van der Waals surface area contributed by atoms with Crippen LogP contribution in [0.5, 0.6) is 0 Å². The number of hydrogen-bond donors (Lipinski definition) is 0. The monoisotopic (exact) mass is 195 g/mol. The van der Waals surface area contributed by atoms with Gasteiger partial charge in [-0.15, -0.1) is 0 Å². The molecule has 78 valence electrons. The molecule has 3 nitrogen and oxygen atoms in total. The van der Waals surface area contributed by atoms with Crippen LogP contribution in [0.2, 0.25) is 0 Å². The molecule has 0 saturated carbocycles. The summed E-state index contributed by atoms with van der Waals surface area (Å²) < 4.78 is 5.24. The lowest BCUT2D eigenvalue weighted by molar-refractivity contribution is -0.121. The second-order valence-corrected chi connectivity index (χ2v) is 3.43. The summed E-state index contributed by atoms with van der Waals surface area (Å²) in [5.41, 5.74) is 0. The van der Waals surface area contributed by atoms with Gasteiger partial charge < -0.3 is 4.42 Å². The van der Waals surface area contributed by atoms with E-state index in [1.165, 1.54) is 0 Å². The predicted molar refractivity (Wildman–Crippen MR) is 54.9 cm³/mol. The minimum atomic E-state index is -0.0369. The van der Waals surface area contributed by atoms with Gasteiger partial charge >= 0.3 is 0 Å². The van der Waals surface area contributed by atoms with Crippen molar-refractivity contribution in [2.45, 2.75) is 33.4 Å². The Balaban J connectivity index is 2.59. The zero-order valence-corrected chi connectivity index (χ0v) is 8.99. The van der Waals surface area contributed by atoms with Crippen LogP contribution in [0.3, 0.4) is 0 Å². The first kappa shape index (κ1) is 11.0. The van der Waals surface area contributed by atoms with E-state index in [2.05, 4.69) is 4.90 Å². The van der Waals surface area contributed by atoms with Crippen LogP contribution in [0.15, 0.2) is 22.8 Å². The quantitative estimate of drug-likeness (QED) is 0.721. The number of nitrogens with zero attached hydrogens (tertiary/aromatic N) is 1. The van der Waals surface area contributed by atoms with Crippen molar-refractivity contribution in [2.75, 3.05) is 6.54 Å². The van der Waals surface area contributed by atoms with Gasteiger partial charge in [-0.05, 0) is 32.5 Å². The Morgan fingerprint density at radius 2 is 2.36 bits per heavy atom. The number of likely N-dealkylation sites (N-methyl/N-ethyl adjacent to an activating group) is 1. The Hall–Kier alpha value is -1.09. The van der Waals surface area contributed by atoms with Crippen molar-refractivity contribution in [1.82, 2.24) is 4.90 Å². The maximum absolute atomic E-state index is 11.2. The molecule has 14 heavy (non-hydrogen) atoms. The van der Waals surface area contributed by atoms with Gasteiger partial charge in [0.1, 0.15) is 11.5 Å². The van der Waals surface area contributed by atoms with Crippen LogP contribution in [0.1, 0.15) is 26.5 Å². The van der Waals surface area contributed by atoms with E-state index in [-0.39, 0.29) is 11.8 Å². The van der Waals surface area contributed by atoms with Crippen molar-refractivity contribution in [2.24, 2.45) is 0 Å². The lowest BCUT2D eigenvalue weighted by atomic mass is 10.2. The molecule has 0 fully saturated rings. The highest BCUT2D eigenvalue weighted by atomic mass is 16.3. The maximum Gasteiger partial charge on any atom is 0.146 e. The van der Waals surface area contributed by atoms with Crippen LogP contribution < -0.4 is 0 Å². The molecule has 3 heteroatoms. The zero-order valence-electron chi connectivity index (χ0n) is 8.99. The third-order valence-electron chi connectivity index (χ3n) is 2.48. The van der Waals surface area contributed by atoms with Gasteiger partial charge in [-0.1, -0.05) is 6.92 Å². The molecule has 1 rings (SSSR count). The first-order valence-corrected chi connectivity index (χ1v) is 4.92. The minimum Gasteiger partial charge on any atom is -0.468 e. The number of hydrogen-bond acceptors (Lipinski definition) is 3. The van der Waals surface area contributed by atoms with Gasteiger partial charge in [0.05, 0.1) is 18.8 Å². The first-order chi connectivity index (χ1) is 6.65. The van der Waals surface area contributed by atoms with Crippen molar-refractivity contribution < 1.29 is 9.21 Å². The number of rotatable bonds is 5. The molecule has 1 unspecified atom stereocenters. The van der Waals surface area contributed by atoms with E-state index in [4.69, 9.17) is 4.42 Å². The van der Waals surface area contributed by atoms with Crippen molar-refractivity contribution in [3.05, 3.63) is 24.2 Å². The van der Waals surface area contributed by atoms with Crippen molar-refractivity contribution in [1.29, 1.82) is 0 Å². The van der Waals surface area contributed by atoms with Crippen LogP contribution in [0.4, 0.5) is 0 Å². The molecule has 0 aliphatic heterocycles. The number of Topliss-reactive ketones (excluding diaryl/α,β-unsaturated/α-hetero) is 1. The maximum atomic E-state index is 11.2. The Bertz CT molecular complexity index is 279. The van der Waals surface area contributed by atoms with E-state index in [1.807, 2.05) is 26.0 Å². The SMILES string of the molecule is CCN(Cc1ccco1)C(C)C(C)=O. The van der Waals surface area contributed by atoms with Gasteiger partial charge in [0.15, 0.2) is 0 Å². The van der Waals surface area contributed by atoms with E-state index in [9.17, 15) is 4.79 Å². The second-order valence-electron chi connectivity index (χ2n) is 3.43. The molecule has 0 N–H and O–H groups in total. The summed E-state index contributed by atoms with van der Waals surface area (Å²) >= 11 is 0. The number of furan rings is 1. The normalized spacial score (nSPS) is 13.1. The topological polar surface area (TPSA) is 33.5 Å².